The van der Waals surface area contributed by atoms with E-state index in [4.69, 9.17) is 10.00 Å². The standard InChI is InChI=1S/C13H16N2O/c1-10-9-16-11(2)8-15(10)13-5-3-4-12(6-13)7-14/h3-6,10-11H,8-9H2,1-2H3. The number of hydrogen-bond acceptors (Lipinski definition) is 3. The topological polar surface area (TPSA) is 36.3 Å². The smallest absolute Gasteiger partial charge is 0.0992 e. The van der Waals surface area contributed by atoms with E-state index in [1.54, 1.807) is 0 Å². The predicted octanol–water partition coefficient (Wildman–Crippen LogP) is 2.17. The third-order valence-electron chi connectivity index (χ3n) is 2.91. The Morgan fingerprint density at radius 1 is 1.44 bits per heavy atom. The molecule has 0 bridgehead atoms. The summed E-state index contributed by atoms with van der Waals surface area (Å²) in [6, 6.07) is 10.3. The average Bonchev–Trinajstić information content (AvgIpc) is 2.32. The summed E-state index contributed by atoms with van der Waals surface area (Å²) in [6.07, 6.45) is 0.252. The van der Waals surface area contributed by atoms with Gasteiger partial charge < -0.3 is 9.64 Å². The summed E-state index contributed by atoms with van der Waals surface area (Å²) in [5, 5.41) is 8.89. The molecule has 2 rings (SSSR count). The first-order chi connectivity index (χ1) is 7.70. The number of hydrogen-bond donors (Lipinski definition) is 0. The predicted molar refractivity (Wildman–Crippen MR) is 63.4 cm³/mol. The van der Waals surface area contributed by atoms with Crippen LogP contribution in [0.5, 0.6) is 0 Å². The lowest BCUT2D eigenvalue weighted by Gasteiger charge is -2.38. The van der Waals surface area contributed by atoms with Gasteiger partial charge in [-0.25, -0.2) is 0 Å². The van der Waals surface area contributed by atoms with Crippen LogP contribution in [-0.4, -0.2) is 25.3 Å². The van der Waals surface area contributed by atoms with Crippen LogP contribution in [0.3, 0.4) is 0 Å². The second-order valence-electron chi connectivity index (χ2n) is 4.31. The van der Waals surface area contributed by atoms with E-state index in [0.29, 0.717) is 11.6 Å². The summed E-state index contributed by atoms with van der Waals surface area (Å²) in [5.74, 6) is 0. The third-order valence-corrected chi connectivity index (χ3v) is 2.91. The quantitative estimate of drug-likeness (QED) is 0.722. The molecule has 1 heterocycles. The van der Waals surface area contributed by atoms with Crippen molar-refractivity contribution in [3.63, 3.8) is 0 Å². The second-order valence-corrected chi connectivity index (χ2v) is 4.31. The Balaban J connectivity index is 2.25. The van der Waals surface area contributed by atoms with Crippen LogP contribution < -0.4 is 4.90 Å². The largest absolute Gasteiger partial charge is 0.375 e. The van der Waals surface area contributed by atoms with E-state index in [0.717, 1.165) is 18.8 Å². The zero-order chi connectivity index (χ0) is 11.5. The summed E-state index contributed by atoms with van der Waals surface area (Å²) >= 11 is 0. The van der Waals surface area contributed by atoms with Gasteiger partial charge in [0.2, 0.25) is 0 Å². The molecule has 1 aliphatic rings. The monoisotopic (exact) mass is 216 g/mol. The van der Waals surface area contributed by atoms with Crippen LogP contribution in [0.4, 0.5) is 5.69 Å². The van der Waals surface area contributed by atoms with Crippen LogP contribution in [0, 0.1) is 11.3 Å². The van der Waals surface area contributed by atoms with Gasteiger partial charge >= 0.3 is 0 Å². The molecular formula is C13H16N2O. The first kappa shape index (κ1) is 11.0. The Morgan fingerprint density at radius 2 is 2.25 bits per heavy atom. The van der Waals surface area contributed by atoms with Crippen LogP contribution in [-0.2, 0) is 4.74 Å². The first-order valence-corrected chi connectivity index (χ1v) is 5.59. The van der Waals surface area contributed by atoms with Crippen LogP contribution in [0.15, 0.2) is 24.3 Å². The van der Waals surface area contributed by atoms with Crippen LogP contribution in [0.1, 0.15) is 19.4 Å². The van der Waals surface area contributed by atoms with Crippen molar-refractivity contribution in [2.24, 2.45) is 0 Å². The summed E-state index contributed by atoms with van der Waals surface area (Å²) in [7, 11) is 0. The molecule has 1 fully saturated rings. The molecule has 2 atom stereocenters. The Kier molecular flexibility index (Phi) is 3.12. The molecule has 0 aliphatic carbocycles. The second kappa shape index (κ2) is 4.54. The van der Waals surface area contributed by atoms with Gasteiger partial charge in [-0.1, -0.05) is 6.07 Å². The highest BCUT2D eigenvalue weighted by molar-refractivity contribution is 5.52. The van der Waals surface area contributed by atoms with Crippen molar-refractivity contribution in [3.05, 3.63) is 29.8 Å². The fourth-order valence-electron chi connectivity index (χ4n) is 2.02. The Labute approximate surface area is 96.2 Å². The van der Waals surface area contributed by atoms with Gasteiger partial charge in [0, 0.05) is 18.3 Å². The third kappa shape index (κ3) is 2.17. The van der Waals surface area contributed by atoms with Gasteiger partial charge in [0.1, 0.15) is 0 Å². The SMILES string of the molecule is CC1CN(c2cccc(C#N)c2)C(C)CO1. The normalized spacial score (nSPS) is 25.2. The van der Waals surface area contributed by atoms with Crippen LogP contribution in [0.25, 0.3) is 0 Å². The Morgan fingerprint density at radius 3 is 3.00 bits per heavy atom. The van der Waals surface area contributed by atoms with Gasteiger partial charge in [-0.15, -0.1) is 0 Å². The van der Waals surface area contributed by atoms with E-state index in [2.05, 4.69) is 30.9 Å². The number of nitriles is 1. The zero-order valence-electron chi connectivity index (χ0n) is 9.68. The van der Waals surface area contributed by atoms with Gasteiger partial charge in [0.15, 0.2) is 0 Å². The molecule has 3 heteroatoms. The molecule has 16 heavy (non-hydrogen) atoms. The van der Waals surface area contributed by atoms with Gasteiger partial charge in [0.25, 0.3) is 0 Å². The summed E-state index contributed by atoms with van der Waals surface area (Å²) in [4.78, 5) is 2.30. The fourth-order valence-corrected chi connectivity index (χ4v) is 2.02. The van der Waals surface area contributed by atoms with E-state index < -0.39 is 0 Å². The average molecular weight is 216 g/mol. The van der Waals surface area contributed by atoms with Crippen molar-refractivity contribution >= 4 is 5.69 Å². The van der Waals surface area contributed by atoms with Crippen molar-refractivity contribution in [2.75, 3.05) is 18.1 Å². The molecular weight excluding hydrogens is 200 g/mol. The molecule has 0 amide bonds. The maximum atomic E-state index is 8.89. The maximum Gasteiger partial charge on any atom is 0.0992 e. The highest BCUT2D eigenvalue weighted by Gasteiger charge is 2.23. The van der Waals surface area contributed by atoms with Crippen molar-refractivity contribution in [1.82, 2.24) is 0 Å². The van der Waals surface area contributed by atoms with E-state index in [1.165, 1.54) is 0 Å². The lowest BCUT2D eigenvalue weighted by molar-refractivity contribution is 0.0344. The molecule has 1 aromatic rings. The molecule has 1 aromatic carbocycles. The van der Waals surface area contributed by atoms with E-state index in [-0.39, 0.29) is 6.10 Å². The van der Waals surface area contributed by atoms with E-state index in [1.807, 2.05) is 18.2 Å². The number of benzene rings is 1. The van der Waals surface area contributed by atoms with E-state index >= 15 is 0 Å². The van der Waals surface area contributed by atoms with Gasteiger partial charge in [-0.3, -0.25) is 0 Å². The molecule has 0 spiro atoms. The number of ether oxygens (including phenoxy) is 1. The molecule has 3 nitrogen and oxygen atoms in total. The number of anilines is 1. The van der Waals surface area contributed by atoms with Crippen LogP contribution >= 0.6 is 0 Å². The molecule has 1 aliphatic heterocycles. The van der Waals surface area contributed by atoms with Gasteiger partial charge in [-0.05, 0) is 32.0 Å². The van der Waals surface area contributed by atoms with Crippen LogP contribution in [0.2, 0.25) is 0 Å². The summed E-state index contributed by atoms with van der Waals surface area (Å²) < 4.78 is 5.59. The van der Waals surface area contributed by atoms with Crippen molar-refractivity contribution in [3.8, 4) is 6.07 Å². The lowest BCUT2D eigenvalue weighted by atomic mass is 10.1. The fraction of sp³-hybridized carbons (Fsp3) is 0.462. The summed E-state index contributed by atoms with van der Waals surface area (Å²) in [6.45, 7) is 5.85. The van der Waals surface area contributed by atoms with Crippen molar-refractivity contribution in [1.29, 1.82) is 5.26 Å². The molecule has 0 N–H and O–H groups in total. The zero-order valence-corrected chi connectivity index (χ0v) is 9.68. The molecule has 0 aromatic heterocycles. The lowest BCUT2D eigenvalue weighted by Crippen LogP contribution is -2.47. The molecule has 84 valence electrons. The highest BCUT2D eigenvalue weighted by Crippen LogP contribution is 2.22. The molecule has 0 radical (unpaired) electrons. The number of rotatable bonds is 1. The van der Waals surface area contributed by atoms with E-state index in [9.17, 15) is 0 Å². The minimum Gasteiger partial charge on any atom is -0.375 e. The van der Waals surface area contributed by atoms with Gasteiger partial charge in [0.05, 0.1) is 24.3 Å². The molecule has 2 unspecified atom stereocenters. The Bertz CT molecular complexity index is 411. The van der Waals surface area contributed by atoms with Crippen molar-refractivity contribution < 1.29 is 4.74 Å². The molecule has 1 saturated heterocycles. The highest BCUT2D eigenvalue weighted by atomic mass is 16.5. The maximum absolute atomic E-state index is 8.89. The number of morpholine rings is 1. The molecule has 0 saturated carbocycles. The minimum atomic E-state index is 0.252. The van der Waals surface area contributed by atoms with Crippen molar-refractivity contribution in [2.45, 2.75) is 26.0 Å². The minimum absolute atomic E-state index is 0.252. The summed E-state index contributed by atoms with van der Waals surface area (Å²) in [5.41, 5.74) is 1.82. The first-order valence-electron chi connectivity index (χ1n) is 5.59. The van der Waals surface area contributed by atoms with Gasteiger partial charge in [-0.2, -0.15) is 5.26 Å². The number of nitrogens with zero attached hydrogens (tertiary/aromatic N) is 2. The Hall–Kier alpha value is -1.53.